The molecule has 7 heteroatoms. The summed E-state index contributed by atoms with van der Waals surface area (Å²) in [6.45, 7) is 8.43. The molecule has 0 radical (unpaired) electrons. The number of fused-ring (bicyclic) bond motifs is 1. The number of carbonyl (C=O) groups is 1. The van der Waals surface area contributed by atoms with Crippen LogP contribution >= 0.6 is 0 Å². The van der Waals surface area contributed by atoms with Gasteiger partial charge in [0.15, 0.2) is 5.82 Å². The molecule has 7 nitrogen and oxygen atoms in total. The molecule has 154 valence electrons. The Labute approximate surface area is 171 Å². The van der Waals surface area contributed by atoms with Crippen molar-refractivity contribution in [2.45, 2.75) is 64.8 Å². The highest BCUT2D eigenvalue weighted by molar-refractivity contribution is 5.93. The topological polar surface area (TPSA) is 124 Å². The first-order valence-corrected chi connectivity index (χ1v) is 10.1. The number of benzene rings is 1. The minimum atomic E-state index is -0.622. The zero-order valence-electron chi connectivity index (χ0n) is 17.6. The monoisotopic (exact) mass is 394 g/mol. The van der Waals surface area contributed by atoms with Gasteiger partial charge in [-0.05, 0) is 75.3 Å². The molecule has 1 aliphatic rings. The van der Waals surface area contributed by atoms with Crippen LogP contribution < -0.4 is 11.5 Å². The van der Waals surface area contributed by atoms with E-state index in [2.05, 4.69) is 47.5 Å². The Bertz CT molecular complexity index is 958. The van der Waals surface area contributed by atoms with Gasteiger partial charge in [0.1, 0.15) is 0 Å². The predicted molar refractivity (Wildman–Crippen MR) is 113 cm³/mol. The number of allylic oxidation sites excluding steroid dienone is 4. The van der Waals surface area contributed by atoms with Gasteiger partial charge in [0.2, 0.25) is 5.91 Å². The summed E-state index contributed by atoms with van der Waals surface area (Å²) in [6, 6.07) is 5.57. The Morgan fingerprint density at radius 3 is 2.72 bits per heavy atom. The van der Waals surface area contributed by atoms with E-state index >= 15 is 0 Å². The number of H-pyrrole nitrogens is 1. The third kappa shape index (κ3) is 3.87. The maximum absolute atomic E-state index is 11.8. The molecule has 3 rings (SSSR count). The summed E-state index contributed by atoms with van der Waals surface area (Å²) < 4.78 is 0. The predicted octanol–water partition coefficient (Wildman–Crippen LogP) is 2.94. The van der Waals surface area contributed by atoms with Crippen molar-refractivity contribution in [3.05, 3.63) is 63.5 Å². The highest BCUT2D eigenvalue weighted by Crippen LogP contribution is 2.47. The van der Waals surface area contributed by atoms with Gasteiger partial charge in [-0.3, -0.25) is 4.79 Å². The van der Waals surface area contributed by atoms with Crippen molar-refractivity contribution < 1.29 is 4.79 Å². The third-order valence-corrected chi connectivity index (χ3v) is 5.97. The molecule has 2 aromatic rings. The molecule has 0 saturated carbocycles. The largest absolute Gasteiger partial charge is 0.366 e. The van der Waals surface area contributed by atoms with E-state index in [0.717, 1.165) is 30.4 Å². The van der Waals surface area contributed by atoms with Gasteiger partial charge in [0, 0.05) is 11.6 Å². The Balaban J connectivity index is 2.36. The molecule has 5 N–H and O–H groups in total. The second-order valence-corrected chi connectivity index (χ2v) is 8.05. The first-order chi connectivity index (χ1) is 13.8. The average molecular weight is 395 g/mol. The highest BCUT2D eigenvalue weighted by atomic mass is 16.1. The van der Waals surface area contributed by atoms with E-state index in [1.807, 2.05) is 19.1 Å². The number of carbonyl (C=O) groups excluding carboxylic acids is 1. The number of nitrogens with two attached hydrogens (primary N) is 2. The molecule has 1 aromatic heterocycles. The quantitative estimate of drug-likeness (QED) is 0.695. The van der Waals surface area contributed by atoms with Crippen LogP contribution in [0.1, 0.15) is 74.3 Å². The molecular weight excluding hydrogens is 364 g/mol. The summed E-state index contributed by atoms with van der Waals surface area (Å²) in [4.78, 5) is 11.8. The van der Waals surface area contributed by atoms with E-state index < -0.39 is 11.3 Å². The van der Waals surface area contributed by atoms with E-state index in [-0.39, 0.29) is 6.04 Å². The second-order valence-electron chi connectivity index (χ2n) is 8.05. The summed E-state index contributed by atoms with van der Waals surface area (Å²) in [5.41, 5.74) is 17.7. The normalized spacial score (nSPS) is 20.9. The van der Waals surface area contributed by atoms with E-state index in [1.54, 1.807) is 6.07 Å². The van der Waals surface area contributed by atoms with E-state index in [0.29, 0.717) is 17.8 Å². The Morgan fingerprint density at radius 2 is 2.14 bits per heavy atom. The fraction of sp³-hybridized carbons (Fsp3) is 0.455. The summed E-state index contributed by atoms with van der Waals surface area (Å²) in [7, 11) is 0. The summed E-state index contributed by atoms with van der Waals surface area (Å²) >= 11 is 0. The molecule has 1 amide bonds. The van der Waals surface area contributed by atoms with Crippen LogP contribution in [0.25, 0.3) is 0 Å². The van der Waals surface area contributed by atoms with Gasteiger partial charge < -0.3 is 11.5 Å². The Morgan fingerprint density at radius 1 is 1.38 bits per heavy atom. The lowest BCUT2D eigenvalue weighted by atomic mass is 9.68. The van der Waals surface area contributed by atoms with Gasteiger partial charge in [-0.1, -0.05) is 35.4 Å². The van der Waals surface area contributed by atoms with Crippen LogP contribution in [0.15, 0.2) is 41.0 Å². The summed E-state index contributed by atoms with van der Waals surface area (Å²) in [6.07, 6.45) is 5.54. The first kappa shape index (κ1) is 20.9. The van der Waals surface area contributed by atoms with Gasteiger partial charge in [-0.15, -0.1) is 10.2 Å². The van der Waals surface area contributed by atoms with Crippen molar-refractivity contribution in [2.24, 2.45) is 11.5 Å². The number of nitrogens with zero attached hydrogens (tertiary/aromatic N) is 3. The van der Waals surface area contributed by atoms with Gasteiger partial charge in [0.05, 0.1) is 5.41 Å². The maximum Gasteiger partial charge on any atom is 0.248 e. The zero-order valence-corrected chi connectivity index (χ0v) is 17.6. The SMILES string of the molecule is CC/C(C)=C\C1=C(C)C(C[C@@H](C)N)(c2nn[nH]n2)c2ccc(C(N)=O)cc2CC1. The van der Waals surface area contributed by atoms with Gasteiger partial charge in [-0.2, -0.15) is 5.21 Å². The van der Waals surface area contributed by atoms with Crippen LogP contribution in [0.3, 0.4) is 0 Å². The summed E-state index contributed by atoms with van der Waals surface area (Å²) in [5, 5.41) is 15.3. The maximum atomic E-state index is 11.8. The number of tetrazole rings is 1. The smallest absolute Gasteiger partial charge is 0.248 e. The fourth-order valence-electron chi connectivity index (χ4n) is 4.35. The molecule has 0 spiro atoms. The minimum absolute atomic E-state index is 0.0947. The van der Waals surface area contributed by atoms with Crippen LogP contribution in [-0.4, -0.2) is 32.6 Å². The standard InChI is InChI=1S/C22H30N6O/c1-5-13(2)10-16-6-7-17-11-18(20(24)29)8-9-19(17)22(15(16)4,12-14(3)23)21-25-27-28-26-21/h8-11,14H,5-7,12,23H2,1-4H3,(H2,24,29)(H,25,26,27,28)/b13-10-/t14-,22?/m1/s1. The highest BCUT2D eigenvalue weighted by Gasteiger charge is 2.44. The number of rotatable bonds is 6. The molecule has 0 bridgehead atoms. The Kier molecular flexibility index (Phi) is 5.98. The van der Waals surface area contributed by atoms with Crippen molar-refractivity contribution in [1.82, 2.24) is 20.6 Å². The molecule has 0 aliphatic heterocycles. The van der Waals surface area contributed by atoms with E-state index in [9.17, 15) is 4.79 Å². The van der Waals surface area contributed by atoms with Crippen LogP contribution in [0.4, 0.5) is 0 Å². The third-order valence-electron chi connectivity index (χ3n) is 5.97. The minimum Gasteiger partial charge on any atom is -0.366 e. The number of primary amides is 1. The van der Waals surface area contributed by atoms with Crippen LogP contribution in [0.5, 0.6) is 0 Å². The van der Waals surface area contributed by atoms with Crippen molar-refractivity contribution in [2.75, 3.05) is 0 Å². The lowest BCUT2D eigenvalue weighted by Crippen LogP contribution is -2.38. The second kappa shape index (κ2) is 8.29. The van der Waals surface area contributed by atoms with E-state index in [1.165, 1.54) is 16.7 Å². The first-order valence-electron chi connectivity index (χ1n) is 10.1. The fourth-order valence-corrected chi connectivity index (χ4v) is 4.35. The van der Waals surface area contributed by atoms with Gasteiger partial charge >= 0.3 is 0 Å². The van der Waals surface area contributed by atoms with Crippen molar-refractivity contribution in [3.63, 3.8) is 0 Å². The molecule has 29 heavy (non-hydrogen) atoms. The van der Waals surface area contributed by atoms with Crippen molar-refractivity contribution in [3.8, 4) is 0 Å². The van der Waals surface area contributed by atoms with Crippen LogP contribution in [0.2, 0.25) is 0 Å². The number of aromatic amines is 1. The number of aromatic nitrogens is 4. The average Bonchev–Trinajstić information content (AvgIpc) is 3.20. The molecule has 1 aliphatic carbocycles. The van der Waals surface area contributed by atoms with Gasteiger partial charge in [0.25, 0.3) is 0 Å². The lowest BCUT2D eigenvalue weighted by Gasteiger charge is -2.35. The lowest BCUT2D eigenvalue weighted by molar-refractivity contribution is 0.1000. The number of aryl methyl sites for hydroxylation is 1. The van der Waals surface area contributed by atoms with Gasteiger partial charge in [-0.25, -0.2) is 0 Å². The van der Waals surface area contributed by atoms with Crippen LogP contribution in [0, 0.1) is 0 Å². The summed E-state index contributed by atoms with van der Waals surface area (Å²) in [5.74, 6) is 0.170. The van der Waals surface area contributed by atoms with Crippen LogP contribution in [-0.2, 0) is 11.8 Å². The Hall–Kier alpha value is -2.80. The molecular formula is C22H30N6O. The van der Waals surface area contributed by atoms with Crippen molar-refractivity contribution >= 4 is 5.91 Å². The molecule has 1 unspecified atom stereocenters. The number of hydrogen-bond acceptors (Lipinski definition) is 5. The number of amides is 1. The number of nitrogens with one attached hydrogen (secondary N) is 1. The molecule has 2 atom stereocenters. The molecule has 1 heterocycles. The molecule has 0 fully saturated rings. The zero-order chi connectivity index (χ0) is 21.2. The van der Waals surface area contributed by atoms with Crippen molar-refractivity contribution in [1.29, 1.82) is 0 Å². The molecule has 1 aromatic carbocycles. The van der Waals surface area contributed by atoms with E-state index in [4.69, 9.17) is 11.5 Å². The molecule has 0 saturated heterocycles. The number of hydrogen-bond donors (Lipinski definition) is 3.